The third-order valence-corrected chi connectivity index (χ3v) is 15.9. The van der Waals surface area contributed by atoms with Gasteiger partial charge in [-0.05, 0) is 105 Å². The van der Waals surface area contributed by atoms with Crippen molar-refractivity contribution in [1.82, 2.24) is 0 Å². The fourth-order valence-electron chi connectivity index (χ4n) is 13.8. The molecule has 0 aromatic heterocycles. The van der Waals surface area contributed by atoms with Crippen LogP contribution in [0, 0.1) is 50.7 Å². The lowest BCUT2D eigenvalue weighted by Crippen LogP contribution is -2.62. The topological polar surface area (TPSA) is 175 Å². The van der Waals surface area contributed by atoms with E-state index in [-0.39, 0.29) is 46.7 Å². The van der Waals surface area contributed by atoms with Gasteiger partial charge in [0, 0.05) is 18.3 Å². The van der Waals surface area contributed by atoms with Crippen LogP contribution in [0.25, 0.3) is 0 Å². The van der Waals surface area contributed by atoms with Crippen molar-refractivity contribution in [3.05, 3.63) is 0 Å². The molecule has 0 aromatic carbocycles. The number of aliphatic hydroxyl groups excluding tert-OH is 4. The van der Waals surface area contributed by atoms with Crippen molar-refractivity contribution in [1.29, 1.82) is 0 Å². The van der Waals surface area contributed by atoms with Crippen LogP contribution in [-0.4, -0.2) is 104 Å². The largest absolute Gasteiger partial charge is 0.457 e. The van der Waals surface area contributed by atoms with Gasteiger partial charge in [0.05, 0.1) is 18.3 Å². The second-order valence-corrected chi connectivity index (χ2v) is 18.8. The first-order chi connectivity index (χ1) is 22.1. The van der Waals surface area contributed by atoms with Crippen molar-refractivity contribution in [3.63, 3.8) is 0 Å². The van der Waals surface area contributed by atoms with E-state index in [1.54, 1.807) is 13.8 Å². The van der Waals surface area contributed by atoms with Gasteiger partial charge in [-0.3, -0.25) is 4.79 Å². The SMILES string of the molecule is CC(=O)O[C@@H](C1C[C@@H](C)[C@H]2[C@@](O)(O1)[C@H](O)[C@@]1(C)C3CC[C@H]4C(C)(C)[C@@H](O[C@@H]5OCC(O)[C@H](O)[C@H]5O)CC[C@@]45C[C@@]35CC[C@]21C)C(C)(C)O. The average molecular weight is 681 g/mol. The molecule has 7 rings (SSSR count). The molecule has 48 heavy (non-hydrogen) atoms. The number of rotatable bonds is 5. The minimum atomic E-state index is -1.86. The average Bonchev–Trinajstić information content (AvgIpc) is 3.62. The van der Waals surface area contributed by atoms with Crippen LogP contribution in [0.5, 0.6) is 0 Å². The van der Waals surface area contributed by atoms with Crippen molar-refractivity contribution in [2.75, 3.05) is 6.61 Å². The number of aliphatic hydroxyl groups is 6. The molecule has 3 unspecified atom stereocenters. The smallest absolute Gasteiger partial charge is 0.303 e. The highest BCUT2D eigenvalue weighted by atomic mass is 16.7. The van der Waals surface area contributed by atoms with Crippen molar-refractivity contribution < 1.29 is 54.4 Å². The van der Waals surface area contributed by atoms with Crippen LogP contribution >= 0.6 is 0 Å². The molecule has 2 spiro atoms. The number of carbonyl (C=O) groups excluding carboxylic acids is 1. The maximum absolute atomic E-state index is 12.6. The predicted molar refractivity (Wildman–Crippen MR) is 172 cm³/mol. The van der Waals surface area contributed by atoms with Crippen LogP contribution in [0.4, 0.5) is 0 Å². The van der Waals surface area contributed by atoms with Gasteiger partial charge < -0.3 is 49.6 Å². The van der Waals surface area contributed by atoms with Gasteiger partial charge in [0.2, 0.25) is 0 Å². The lowest BCUT2D eigenvalue weighted by Gasteiger charge is -2.63. The maximum atomic E-state index is 12.6. The van der Waals surface area contributed by atoms with Gasteiger partial charge in [-0.1, -0.05) is 34.6 Å². The number of ether oxygens (including phenoxy) is 4. The summed E-state index contributed by atoms with van der Waals surface area (Å²) in [6, 6.07) is 0. The van der Waals surface area contributed by atoms with Crippen LogP contribution in [0.3, 0.4) is 0 Å². The molecule has 11 nitrogen and oxygen atoms in total. The summed E-state index contributed by atoms with van der Waals surface area (Å²) in [5, 5.41) is 67.0. The van der Waals surface area contributed by atoms with Crippen LogP contribution in [0.15, 0.2) is 0 Å². The minimum absolute atomic E-state index is 0.0222. The molecule has 2 aliphatic heterocycles. The second-order valence-electron chi connectivity index (χ2n) is 18.8. The zero-order valence-electron chi connectivity index (χ0n) is 30.0. The summed E-state index contributed by atoms with van der Waals surface area (Å²) in [5.74, 6) is -2.26. The van der Waals surface area contributed by atoms with Gasteiger partial charge in [-0.25, -0.2) is 0 Å². The molecule has 0 radical (unpaired) electrons. The van der Waals surface area contributed by atoms with Crippen LogP contribution < -0.4 is 0 Å². The summed E-state index contributed by atoms with van der Waals surface area (Å²) in [4.78, 5) is 12.1. The van der Waals surface area contributed by atoms with Crippen molar-refractivity contribution >= 4 is 5.97 Å². The van der Waals surface area contributed by atoms with Gasteiger partial charge in [0.1, 0.15) is 30.5 Å². The standard InChI is InChI=1S/C37H60O11/c1-18-15-21(28(32(5,6)43)46-19(2)38)48-37(44)27(18)33(7)13-14-36-17-35(36)12-11-24(47-29-26(41)25(40)20(39)16-45-29)31(3,4)22(35)9-10-23(36)34(33,8)30(37)42/h18,20-30,39-44H,9-17H2,1-8H3/t18-,20?,21?,22+,23?,24+,25+,26-,27-,28+,29+,30-,33-,34-,35-,36+,37-/m1/s1. The van der Waals surface area contributed by atoms with Crippen LogP contribution in [0.2, 0.25) is 0 Å². The van der Waals surface area contributed by atoms with E-state index in [9.17, 15) is 35.4 Å². The van der Waals surface area contributed by atoms with E-state index in [1.807, 2.05) is 0 Å². The molecular weight excluding hydrogens is 620 g/mol. The summed E-state index contributed by atoms with van der Waals surface area (Å²) >= 11 is 0. The Morgan fingerprint density at radius 3 is 2.23 bits per heavy atom. The molecule has 5 saturated carbocycles. The fraction of sp³-hybridized carbons (Fsp3) is 0.973. The molecule has 274 valence electrons. The highest BCUT2D eigenvalue weighted by Crippen LogP contribution is 2.89. The summed E-state index contributed by atoms with van der Waals surface area (Å²) in [5.41, 5.74) is -2.59. The summed E-state index contributed by atoms with van der Waals surface area (Å²) in [7, 11) is 0. The fourth-order valence-corrected chi connectivity index (χ4v) is 13.8. The first kappa shape index (κ1) is 35.5. The number of carbonyl (C=O) groups is 1. The van der Waals surface area contributed by atoms with Crippen LogP contribution in [0.1, 0.15) is 107 Å². The Bertz CT molecular complexity index is 1300. The van der Waals surface area contributed by atoms with E-state index < -0.39 is 71.1 Å². The third-order valence-electron chi connectivity index (χ3n) is 15.9. The third kappa shape index (κ3) is 4.41. The Morgan fingerprint density at radius 1 is 0.938 bits per heavy atom. The Hall–Kier alpha value is -0.890. The maximum Gasteiger partial charge on any atom is 0.303 e. The zero-order chi connectivity index (χ0) is 35.2. The number of esters is 1. The van der Waals surface area contributed by atoms with Crippen LogP contribution in [-0.2, 0) is 23.7 Å². The Labute approximate surface area is 284 Å². The highest BCUT2D eigenvalue weighted by molar-refractivity contribution is 5.66. The molecule has 0 aromatic rings. The van der Waals surface area contributed by atoms with Crippen molar-refractivity contribution in [2.24, 2.45) is 50.7 Å². The monoisotopic (exact) mass is 680 g/mol. The minimum Gasteiger partial charge on any atom is -0.457 e. The highest BCUT2D eigenvalue weighted by Gasteiger charge is 2.86. The van der Waals surface area contributed by atoms with Crippen molar-refractivity contribution in [2.45, 2.75) is 167 Å². The van der Waals surface area contributed by atoms with E-state index in [0.29, 0.717) is 12.3 Å². The Morgan fingerprint density at radius 2 is 1.58 bits per heavy atom. The van der Waals surface area contributed by atoms with E-state index in [2.05, 4.69) is 34.6 Å². The molecule has 11 heteroatoms. The molecule has 7 fully saturated rings. The van der Waals surface area contributed by atoms with Gasteiger partial charge in [-0.2, -0.15) is 0 Å². The van der Waals surface area contributed by atoms with Gasteiger partial charge in [-0.15, -0.1) is 0 Å². The molecule has 0 amide bonds. The molecule has 17 atom stereocenters. The zero-order valence-corrected chi connectivity index (χ0v) is 30.0. The van der Waals surface area contributed by atoms with Gasteiger partial charge in [0.15, 0.2) is 18.2 Å². The molecule has 0 bridgehead atoms. The molecule has 6 N–H and O–H groups in total. The van der Waals surface area contributed by atoms with E-state index >= 15 is 0 Å². The molecule has 2 heterocycles. The summed E-state index contributed by atoms with van der Waals surface area (Å²) < 4.78 is 24.2. The van der Waals surface area contributed by atoms with Gasteiger partial charge in [0.25, 0.3) is 0 Å². The molecule has 7 aliphatic rings. The number of hydrogen-bond donors (Lipinski definition) is 6. The first-order valence-electron chi connectivity index (χ1n) is 18.4. The lowest BCUT2D eigenvalue weighted by atomic mass is 9.41. The molecule has 2 saturated heterocycles. The molecular formula is C37H60O11. The Kier molecular flexibility index (Phi) is 8.01. The second kappa shape index (κ2) is 10.8. The van der Waals surface area contributed by atoms with E-state index in [1.165, 1.54) is 6.92 Å². The first-order valence-corrected chi connectivity index (χ1v) is 18.4. The lowest BCUT2D eigenvalue weighted by molar-refractivity contribution is -0.342. The molecule has 5 aliphatic carbocycles. The predicted octanol–water partition coefficient (Wildman–Crippen LogP) is 2.65. The number of fused-ring (bicyclic) bond motifs is 4. The summed E-state index contributed by atoms with van der Waals surface area (Å²) in [6.07, 6.45) is -0.902. The number of hydrogen-bond acceptors (Lipinski definition) is 11. The normalized spacial score (nSPS) is 56.1. The van der Waals surface area contributed by atoms with E-state index in [0.717, 1.165) is 44.9 Å². The van der Waals surface area contributed by atoms with Gasteiger partial charge >= 0.3 is 5.97 Å². The van der Waals surface area contributed by atoms with E-state index in [4.69, 9.17) is 18.9 Å². The van der Waals surface area contributed by atoms with Crippen molar-refractivity contribution in [3.8, 4) is 0 Å². The summed E-state index contributed by atoms with van der Waals surface area (Å²) in [6.45, 7) is 15.4. The quantitative estimate of drug-likeness (QED) is 0.186. The Balaban J connectivity index is 1.17.